The molecule has 1 rings (SSSR count). The standard InChI is InChI=1S/C14H17NO6/c1-8-4-2-5-9(12(8)18)13(19)15-10(14(20)21)6-3-7-11(16)17/h2,4-5,10,18H,3,6-7H2,1H3,(H,15,19)(H,16,17)(H,20,21)/t10-/m1/s1. The van der Waals surface area contributed by atoms with Crippen molar-refractivity contribution < 1.29 is 29.7 Å². The van der Waals surface area contributed by atoms with Crippen LogP contribution in [0.25, 0.3) is 0 Å². The molecule has 7 nitrogen and oxygen atoms in total. The van der Waals surface area contributed by atoms with Crippen molar-refractivity contribution >= 4 is 17.8 Å². The number of aliphatic carboxylic acids is 2. The minimum absolute atomic E-state index is 0.0000487. The third-order valence-corrected chi connectivity index (χ3v) is 2.97. The van der Waals surface area contributed by atoms with Crippen molar-refractivity contribution in [2.75, 3.05) is 0 Å². The predicted octanol–water partition coefficient (Wildman–Crippen LogP) is 1.14. The lowest BCUT2D eigenvalue weighted by atomic mass is 10.1. The first-order valence-electron chi connectivity index (χ1n) is 6.37. The van der Waals surface area contributed by atoms with E-state index in [0.717, 1.165) is 0 Å². The van der Waals surface area contributed by atoms with Crippen LogP contribution in [0.1, 0.15) is 35.2 Å². The zero-order valence-electron chi connectivity index (χ0n) is 11.5. The van der Waals surface area contributed by atoms with E-state index in [4.69, 9.17) is 10.2 Å². The normalized spacial score (nSPS) is 11.7. The van der Waals surface area contributed by atoms with Gasteiger partial charge in [-0.25, -0.2) is 4.79 Å². The highest BCUT2D eigenvalue weighted by molar-refractivity contribution is 5.99. The number of carbonyl (C=O) groups excluding carboxylic acids is 1. The zero-order chi connectivity index (χ0) is 16.0. The number of amides is 1. The van der Waals surface area contributed by atoms with E-state index in [1.807, 2.05) is 0 Å². The molecule has 0 heterocycles. The monoisotopic (exact) mass is 295 g/mol. The number of aromatic hydroxyl groups is 1. The number of carboxylic acid groups (broad SMARTS) is 2. The molecule has 114 valence electrons. The minimum Gasteiger partial charge on any atom is -0.507 e. The van der Waals surface area contributed by atoms with Crippen LogP contribution >= 0.6 is 0 Å². The summed E-state index contributed by atoms with van der Waals surface area (Å²) in [5.41, 5.74) is 0.486. The van der Waals surface area contributed by atoms with E-state index in [-0.39, 0.29) is 30.6 Å². The molecule has 0 aliphatic heterocycles. The van der Waals surface area contributed by atoms with Crippen LogP contribution in [0.15, 0.2) is 18.2 Å². The van der Waals surface area contributed by atoms with Crippen molar-refractivity contribution in [2.24, 2.45) is 0 Å². The molecule has 0 spiro atoms. The fourth-order valence-corrected chi connectivity index (χ4v) is 1.79. The summed E-state index contributed by atoms with van der Waals surface area (Å²) >= 11 is 0. The van der Waals surface area contributed by atoms with Gasteiger partial charge in [-0.2, -0.15) is 0 Å². The van der Waals surface area contributed by atoms with Gasteiger partial charge in [0.2, 0.25) is 0 Å². The molecule has 1 aromatic carbocycles. The molecule has 0 aliphatic rings. The van der Waals surface area contributed by atoms with Gasteiger partial charge in [-0.3, -0.25) is 9.59 Å². The molecule has 1 amide bonds. The van der Waals surface area contributed by atoms with E-state index in [2.05, 4.69) is 5.32 Å². The lowest BCUT2D eigenvalue weighted by Crippen LogP contribution is -2.40. The van der Waals surface area contributed by atoms with Crippen molar-refractivity contribution in [3.63, 3.8) is 0 Å². The fourth-order valence-electron chi connectivity index (χ4n) is 1.79. The topological polar surface area (TPSA) is 124 Å². The highest BCUT2D eigenvalue weighted by Crippen LogP contribution is 2.21. The molecule has 0 saturated carbocycles. The van der Waals surface area contributed by atoms with Gasteiger partial charge in [0, 0.05) is 6.42 Å². The van der Waals surface area contributed by atoms with Gasteiger partial charge in [-0.1, -0.05) is 12.1 Å². The maximum Gasteiger partial charge on any atom is 0.326 e. The maximum atomic E-state index is 12.0. The zero-order valence-corrected chi connectivity index (χ0v) is 11.5. The number of benzene rings is 1. The smallest absolute Gasteiger partial charge is 0.326 e. The maximum absolute atomic E-state index is 12.0. The number of aryl methyl sites for hydroxylation is 1. The summed E-state index contributed by atoms with van der Waals surface area (Å²) in [5, 5.41) is 29.6. The van der Waals surface area contributed by atoms with Gasteiger partial charge >= 0.3 is 11.9 Å². The average Bonchev–Trinajstić information content (AvgIpc) is 2.40. The van der Waals surface area contributed by atoms with Crippen molar-refractivity contribution in [3.8, 4) is 5.75 Å². The highest BCUT2D eigenvalue weighted by atomic mass is 16.4. The number of rotatable bonds is 7. The van der Waals surface area contributed by atoms with Gasteiger partial charge in [0.05, 0.1) is 5.56 Å². The van der Waals surface area contributed by atoms with E-state index >= 15 is 0 Å². The molecule has 0 aliphatic carbocycles. The molecular weight excluding hydrogens is 278 g/mol. The Labute approximate surface area is 121 Å². The molecule has 0 radical (unpaired) electrons. The van der Waals surface area contributed by atoms with Crippen molar-refractivity contribution in [1.82, 2.24) is 5.32 Å². The number of hydrogen-bond donors (Lipinski definition) is 4. The summed E-state index contributed by atoms with van der Waals surface area (Å²) in [7, 11) is 0. The summed E-state index contributed by atoms with van der Waals surface area (Å²) in [6, 6.07) is 3.38. The molecule has 0 bridgehead atoms. The number of hydrogen-bond acceptors (Lipinski definition) is 4. The molecule has 0 fully saturated rings. The molecular formula is C14H17NO6. The van der Waals surface area contributed by atoms with Crippen molar-refractivity contribution in [3.05, 3.63) is 29.3 Å². The molecule has 1 aromatic rings. The molecule has 0 unspecified atom stereocenters. The van der Waals surface area contributed by atoms with Crippen LogP contribution in [0.3, 0.4) is 0 Å². The Balaban J connectivity index is 2.74. The van der Waals surface area contributed by atoms with Gasteiger partial charge in [0.15, 0.2) is 0 Å². The highest BCUT2D eigenvalue weighted by Gasteiger charge is 2.22. The first kappa shape index (κ1) is 16.5. The Kier molecular flexibility index (Phi) is 5.71. The van der Waals surface area contributed by atoms with Crippen LogP contribution in [0, 0.1) is 6.92 Å². The molecule has 21 heavy (non-hydrogen) atoms. The minimum atomic E-state index is -1.25. The van der Waals surface area contributed by atoms with Crippen LogP contribution in [0.2, 0.25) is 0 Å². The number of phenolic OH excluding ortho intramolecular Hbond substituents is 1. The van der Waals surface area contributed by atoms with Crippen LogP contribution in [-0.2, 0) is 9.59 Å². The summed E-state index contributed by atoms with van der Waals surface area (Å²) in [6.45, 7) is 1.62. The second kappa shape index (κ2) is 7.28. The van der Waals surface area contributed by atoms with Crippen LogP contribution in [0.5, 0.6) is 5.75 Å². The molecule has 1 atom stereocenters. The molecule has 0 saturated heterocycles. The third kappa shape index (κ3) is 4.79. The predicted molar refractivity (Wildman–Crippen MR) is 73.2 cm³/mol. The van der Waals surface area contributed by atoms with Gasteiger partial charge < -0.3 is 20.6 Å². The third-order valence-electron chi connectivity index (χ3n) is 2.97. The first-order chi connectivity index (χ1) is 9.82. The molecule has 0 aromatic heterocycles. The van der Waals surface area contributed by atoms with E-state index in [9.17, 15) is 19.5 Å². The van der Waals surface area contributed by atoms with E-state index in [0.29, 0.717) is 5.56 Å². The second-order valence-electron chi connectivity index (χ2n) is 4.62. The summed E-state index contributed by atoms with van der Waals surface area (Å²) in [6.07, 6.45) is -0.0400. The average molecular weight is 295 g/mol. The van der Waals surface area contributed by atoms with E-state index in [1.165, 1.54) is 6.07 Å². The van der Waals surface area contributed by atoms with Gasteiger partial charge in [0.25, 0.3) is 5.91 Å². The number of nitrogens with one attached hydrogen (secondary N) is 1. The number of phenols is 1. The van der Waals surface area contributed by atoms with E-state index < -0.39 is 23.9 Å². The van der Waals surface area contributed by atoms with E-state index in [1.54, 1.807) is 19.1 Å². The Morgan fingerprint density at radius 3 is 2.48 bits per heavy atom. The Morgan fingerprint density at radius 2 is 1.90 bits per heavy atom. The first-order valence-corrected chi connectivity index (χ1v) is 6.37. The van der Waals surface area contributed by atoms with Crippen molar-refractivity contribution in [1.29, 1.82) is 0 Å². The summed E-state index contributed by atoms with van der Waals surface area (Å²) in [5.74, 6) is -3.19. The largest absolute Gasteiger partial charge is 0.507 e. The molecule has 4 N–H and O–H groups in total. The summed E-state index contributed by atoms with van der Waals surface area (Å²) in [4.78, 5) is 33.5. The second-order valence-corrected chi connectivity index (χ2v) is 4.62. The number of para-hydroxylation sites is 1. The quantitative estimate of drug-likeness (QED) is 0.598. The Morgan fingerprint density at radius 1 is 1.24 bits per heavy atom. The lowest BCUT2D eigenvalue weighted by molar-refractivity contribution is -0.140. The van der Waals surface area contributed by atoms with Crippen LogP contribution in [-0.4, -0.2) is 39.2 Å². The van der Waals surface area contributed by atoms with Gasteiger partial charge in [-0.05, 0) is 31.4 Å². The lowest BCUT2D eigenvalue weighted by Gasteiger charge is -2.15. The van der Waals surface area contributed by atoms with Gasteiger partial charge in [-0.15, -0.1) is 0 Å². The number of carbonyl (C=O) groups is 3. The SMILES string of the molecule is Cc1cccc(C(=O)N[C@H](CCCC(=O)O)C(=O)O)c1O. The Bertz CT molecular complexity index is 554. The van der Waals surface area contributed by atoms with Crippen LogP contribution in [0.4, 0.5) is 0 Å². The van der Waals surface area contributed by atoms with Crippen LogP contribution < -0.4 is 5.32 Å². The fraction of sp³-hybridized carbons (Fsp3) is 0.357. The molecule has 7 heteroatoms. The van der Waals surface area contributed by atoms with Crippen molar-refractivity contribution in [2.45, 2.75) is 32.2 Å². The summed E-state index contributed by atoms with van der Waals surface area (Å²) < 4.78 is 0. The van der Waals surface area contributed by atoms with Gasteiger partial charge in [0.1, 0.15) is 11.8 Å². The number of carboxylic acids is 2. The Hall–Kier alpha value is -2.57.